The summed E-state index contributed by atoms with van der Waals surface area (Å²) in [6.07, 6.45) is -0.650. The minimum absolute atomic E-state index is 0.0737. The number of carbonyl (C=O) groups excluding carboxylic acids is 1. The Hall–Kier alpha value is -1.59. The second kappa shape index (κ2) is 8.55. The van der Waals surface area contributed by atoms with Crippen LogP contribution in [0.25, 0.3) is 0 Å². The van der Waals surface area contributed by atoms with Gasteiger partial charge in [-0.3, -0.25) is 4.79 Å². The van der Waals surface area contributed by atoms with Crippen LogP contribution >= 0.6 is 0 Å². The summed E-state index contributed by atoms with van der Waals surface area (Å²) < 4.78 is 5.64. The average molecular weight is 280 g/mol. The van der Waals surface area contributed by atoms with Crippen molar-refractivity contribution in [3.63, 3.8) is 0 Å². The van der Waals surface area contributed by atoms with Gasteiger partial charge in [0.15, 0.2) is 0 Å². The number of likely N-dealkylation sites (N-methyl/N-ethyl adjacent to an activating group) is 1. The molecular formula is C15H24N2O3. The van der Waals surface area contributed by atoms with Crippen LogP contribution in [0.1, 0.15) is 18.1 Å². The molecule has 3 N–H and O–H groups in total. The third-order valence-electron chi connectivity index (χ3n) is 2.87. The maximum absolute atomic E-state index is 11.2. The molecule has 1 amide bonds. The highest BCUT2D eigenvalue weighted by Gasteiger charge is 2.09. The fraction of sp³-hybridized carbons (Fsp3) is 0.533. The average Bonchev–Trinajstić information content (AvgIpc) is 2.38. The molecule has 0 bridgehead atoms. The number of hydrogen-bond donors (Lipinski definition) is 3. The van der Waals surface area contributed by atoms with E-state index < -0.39 is 6.10 Å². The molecule has 0 radical (unpaired) electrons. The van der Waals surface area contributed by atoms with E-state index in [0.717, 1.165) is 16.9 Å². The highest BCUT2D eigenvalue weighted by molar-refractivity contribution is 5.77. The van der Waals surface area contributed by atoms with Gasteiger partial charge in [0, 0.05) is 13.1 Å². The molecule has 0 aliphatic carbocycles. The predicted molar refractivity (Wildman–Crippen MR) is 79.0 cm³/mol. The van der Waals surface area contributed by atoms with Crippen LogP contribution in [0, 0.1) is 13.8 Å². The van der Waals surface area contributed by atoms with Crippen LogP contribution in [-0.2, 0) is 4.79 Å². The van der Waals surface area contributed by atoms with Crippen LogP contribution in [-0.4, -0.2) is 43.4 Å². The first kappa shape index (κ1) is 16.5. The van der Waals surface area contributed by atoms with Crippen LogP contribution in [0.4, 0.5) is 0 Å². The van der Waals surface area contributed by atoms with E-state index in [9.17, 15) is 9.90 Å². The van der Waals surface area contributed by atoms with E-state index in [0.29, 0.717) is 13.1 Å². The molecule has 0 aromatic heterocycles. The van der Waals surface area contributed by atoms with Gasteiger partial charge in [-0.15, -0.1) is 0 Å². The molecule has 1 unspecified atom stereocenters. The summed E-state index contributed by atoms with van der Waals surface area (Å²) in [4.78, 5) is 11.2. The van der Waals surface area contributed by atoms with Crippen molar-refractivity contribution in [1.29, 1.82) is 0 Å². The number of carbonyl (C=O) groups is 1. The molecule has 1 aromatic rings. The summed E-state index contributed by atoms with van der Waals surface area (Å²) in [5, 5.41) is 15.4. The lowest BCUT2D eigenvalue weighted by atomic mass is 10.1. The smallest absolute Gasteiger partial charge is 0.233 e. The van der Waals surface area contributed by atoms with Crippen molar-refractivity contribution in [2.75, 3.05) is 26.2 Å². The fourth-order valence-corrected chi connectivity index (χ4v) is 1.88. The van der Waals surface area contributed by atoms with Gasteiger partial charge in [0.2, 0.25) is 5.91 Å². The van der Waals surface area contributed by atoms with E-state index in [-0.39, 0.29) is 19.1 Å². The first-order valence-electron chi connectivity index (χ1n) is 6.89. The summed E-state index contributed by atoms with van der Waals surface area (Å²) in [5.41, 5.74) is 2.10. The molecule has 1 atom stereocenters. The summed E-state index contributed by atoms with van der Waals surface area (Å²) in [5.74, 6) is 0.741. The van der Waals surface area contributed by atoms with Crippen molar-refractivity contribution in [3.8, 4) is 5.75 Å². The number of benzene rings is 1. The highest BCUT2D eigenvalue weighted by Crippen LogP contribution is 2.22. The molecule has 0 heterocycles. The minimum Gasteiger partial charge on any atom is -0.490 e. The Labute approximate surface area is 120 Å². The van der Waals surface area contributed by atoms with Crippen molar-refractivity contribution in [2.24, 2.45) is 0 Å². The zero-order valence-electron chi connectivity index (χ0n) is 12.4. The number of hydrogen-bond acceptors (Lipinski definition) is 4. The lowest BCUT2D eigenvalue weighted by molar-refractivity contribution is -0.120. The monoisotopic (exact) mass is 280 g/mol. The third kappa shape index (κ3) is 5.59. The lowest BCUT2D eigenvalue weighted by Crippen LogP contribution is -2.38. The van der Waals surface area contributed by atoms with Gasteiger partial charge in [-0.1, -0.05) is 18.2 Å². The van der Waals surface area contributed by atoms with Gasteiger partial charge < -0.3 is 20.5 Å². The maximum Gasteiger partial charge on any atom is 0.233 e. The molecule has 0 aliphatic rings. The van der Waals surface area contributed by atoms with Gasteiger partial charge >= 0.3 is 0 Å². The standard InChI is InChI=1S/C15H24N2O3/c1-4-17-14(19)9-16-8-13(18)10-20-15-11(2)6-5-7-12(15)3/h5-7,13,16,18H,4,8-10H2,1-3H3,(H,17,19). The van der Waals surface area contributed by atoms with E-state index in [1.807, 2.05) is 39.0 Å². The molecule has 20 heavy (non-hydrogen) atoms. The van der Waals surface area contributed by atoms with Crippen LogP contribution in [0.5, 0.6) is 5.75 Å². The van der Waals surface area contributed by atoms with E-state index in [1.54, 1.807) is 0 Å². The van der Waals surface area contributed by atoms with E-state index in [1.165, 1.54) is 0 Å². The quantitative estimate of drug-likeness (QED) is 0.658. The van der Waals surface area contributed by atoms with Gasteiger partial charge in [0.25, 0.3) is 0 Å². The molecule has 0 spiro atoms. The van der Waals surface area contributed by atoms with Crippen molar-refractivity contribution >= 4 is 5.91 Å². The molecule has 0 saturated carbocycles. The van der Waals surface area contributed by atoms with Gasteiger partial charge in [0.05, 0.1) is 6.54 Å². The molecular weight excluding hydrogens is 256 g/mol. The zero-order valence-corrected chi connectivity index (χ0v) is 12.4. The molecule has 5 nitrogen and oxygen atoms in total. The molecule has 1 aromatic carbocycles. The number of nitrogens with one attached hydrogen (secondary N) is 2. The first-order valence-corrected chi connectivity index (χ1v) is 6.89. The van der Waals surface area contributed by atoms with Gasteiger partial charge in [-0.25, -0.2) is 0 Å². The first-order chi connectivity index (χ1) is 9.54. The van der Waals surface area contributed by atoms with Crippen LogP contribution in [0.15, 0.2) is 18.2 Å². The number of aryl methyl sites for hydroxylation is 2. The Morgan fingerprint density at radius 2 is 2.00 bits per heavy atom. The van der Waals surface area contributed by atoms with E-state index in [4.69, 9.17) is 4.74 Å². The Balaban J connectivity index is 2.29. The van der Waals surface area contributed by atoms with E-state index in [2.05, 4.69) is 10.6 Å². The summed E-state index contributed by atoms with van der Waals surface area (Å²) >= 11 is 0. The summed E-state index contributed by atoms with van der Waals surface area (Å²) in [6, 6.07) is 5.92. The van der Waals surface area contributed by atoms with Crippen molar-refractivity contribution in [1.82, 2.24) is 10.6 Å². The third-order valence-corrected chi connectivity index (χ3v) is 2.87. The second-order valence-corrected chi connectivity index (χ2v) is 4.77. The normalized spacial score (nSPS) is 12.0. The number of amides is 1. The Morgan fingerprint density at radius 1 is 1.35 bits per heavy atom. The Bertz CT molecular complexity index is 415. The molecule has 0 fully saturated rings. The molecule has 1 rings (SSSR count). The predicted octanol–water partition coefficient (Wildman–Crippen LogP) is 0.769. The van der Waals surface area contributed by atoms with Crippen molar-refractivity contribution < 1.29 is 14.6 Å². The second-order valence-electron chi connectivity index (χ2n) is 4.77. The van der Waals surface area contributed by atoms with Gasteiger partial charge in [-0.2, -0.15) is 0 Å². The number of aliphatic hydroxyl groups excluding tert-OH is 1. The molecule has 112 valence electrons. The number of aliphatic hydroxyl groups is 1. The van der Waals surface area contributed by atoms with Crippen LogP contribution in [0.3, 0.4) is 0 Å². The number of ether oxygens (including phenoxy) is 1. The highest BCUT2D eigenvalue weighted by atomic mass is 16.5. The summed E-state index contributed by atoms with van der Waals surface area (Å²) in [6.45, 7) is 7.15. The summed E-state index contributed by atoms with van der Waals surface area (Å²) in [7, 11) is 0. The van der Waals surface area contributed by atoms with E-state index >= 15 is 0 Å². The molecule has 5 heteroatoms. The fourth-order valence-electron chi connectivity index (χ4n) is 1.88. The van der Waals surface area contributed by atoms with Gasteiger partial charge in [0.1, 0.15) is 18.5 Å². The number of para-hydroxylation sites is 1. The van der Waals surface area contributed by atoms with Crippen molar-refractivity contribution in [2.45, 2.75) is 26.9 Å². The van der Waals surface area contributed by atoms with Crippen LogP contribution < -0.4 is 15.4 Å². The molecule has 0 saturated heterocycles. The topological polar surface area (TPSA) is 70.6 Å². The minimum atomic E-state index is -0.650. The zero-order chi connectivity index (χ0) is 15.0. The maximum atomic E-state index is 11.2. The SMILES string of the molecule is CCNC(=O)CNCC(O)COc1c(C)cccc1C. The number of rotatable bonds is 8. The largest absolute Gasteiger partial charge is 0.490 e. The van der Waals surface area contributed by atoms with Gasteiger partial charge in [-0.05, 0) is 31.9 Å². The van der Waals surface area contributed by atoms with Crippen molar-refractivity contribution in [3.05, 3.63) is 29.3 Å². The lowest BCUT2D eigenvalue weighted by Gasteiger charge is -2.16. The van der Waals surface area contributed by atoms with Crippen LogP contribution in [0.2, 0.25) is 0 Å². The molecule has 0 aliphatic heterocycles. The Morgan fingerprint density at radius 3 is 2.60 bits per heavy atom. The Kier molecular flexibility index (Phi) is 7.04.